The van der Waals surface area contributed by atoms with Crippen LogP contribution < -0.4 is 5.56 Å². The lowest BCUT2D eigenvalue weighted by Crippen LogP contribution is -2.32. The van der Waals surface area contributed by atoms with E-state index in [-0.39, 0.29) is 5.56 Å². The average Bonchev–Trinajstić information content (AvgIpc) is 2.18. The molecule has 0 N–H and O–H groups in total. The van der Waals surface area contributed by atoms with Crippen LogP contribution in [0.15, 0.2) is 10.9 Å². The highest BCUT2D eigenvalue weighted by atomic mass is 16.1. The number of aryl methyl sites for hydroxylation is 1. The van der Waals surface area contributed by atoms with E-state index in [1.54, 1.807) is 6.07 Å². The van der Waals surface area contributed by atoms with Gasteiger partial charge in [0.2, 0.25) is 0 Å². The smallest absolute Gasteiger partial charge is 0.253 e. The molecular weight excluding hydrogens is 188 g/mol. The van der Waals surface area contributed by atoms with Crippen LogP contribution in [0.3, 0.4) is 0 Å². The second-order valence-corrected chi connectivity index (χ2v) is 4.84. The summed E-state index contributed by atoms with van der Waals surface area (Å²) in [7, 11) is 0. The quantitative estimate of drug-likeness (QED) is 0.704. The standard InChI is InChI=1S/C12H18N2O/c1-8(2)10-6-12(15)14-7-9(3)4-5-11(14)13-10/h6,8-9H,4-5,7H2,1-3H3/t9-/m1/s1. The molecule has 0 aliphatic carbocycles. The van der Waals surface area contributed by atoms with Gasteiger partial charge in [0, 0.05) is 19.0 Å². The topological polar surface area (TPSA) is 34.9 Å². The summed E-state index contributed by atoms with van der Waals surface area (Å²) in [6.07, 6.45) is 2.09. The summed E-state index contributed by atoms with van der Waals surface area (Å²) >= 11 is 0. The van der Waals surface area contributed by atoms with Gasteiger partial charge < -0.3 is 0 Å². The van der Waals surface area contributed by atoms with Crippen molar-refractivity contribution in [3.05, 3.63) is 27.9 Å². The molecule has 82 valence electrons. The molecule has 3 heteroatoms. The van der Waals surface area contributed by atoms with Gasteiger partial charge in [-0.05, 0) is 18.3 Å². The van der Waals surface area contributed by atoms with Crippen LogP contribution in [0.25, 0.3) is 0 Å². The van der Waals surface area contributed by atoms with Crippen LogP contribution in [0, 0.1) is 5.92 Å². The summed E-state index contributed by atoms with van der Waals surface area (Å²) in [5.74, 6) is 1.91. The van der Waals surface area contributed by atoms with Crippen LogP contribution in [0.4, 0.5) is 0 Å². The number of nitrogens with zero attached hydrogens (tertiary/aromatic N) is 2. The molecule has 2 heterocycles. The van der Waals surface area contributed by atoms with E-state index in [4.69, 9.17) is 0 Å². The zero-order chi connectivity index (χ0) is 11.0. The fraction of sp³-hybridized carbons (Fsp3) is 0.667. The van der Waals surface area contributed by atoms with Crippen LogP contribution in [-0.2, 0) is 13.0 Å². The van der Waals surface area contributed by atoms with E-state index in [0.29, 0.717) is 11.8 Å². The van der Waals surface area contributed by atoms with Gasteiger partial charge in [-0.25, -0.2) is 4.98 Å². The largest absolute Gasteiger partial charge is 0.296 e. The molecular formula is C12H18N2O. The zero-order valence-corrected chi connectivity index (χ0v) is 9.66. The van der Waals surface area contributed by atoms with E-state index < -0.39 is 0 Å². The van der Waals surface area contributed by atoms with Crippen molar-refractivity contribution >= 4 is 0 Å². The molecule has 15 heavy (non-hydrogen) atoms. The van der Waals surface area contributed by atoms with Crippen LogP contribution in [0.1, 0.15) is 44.6 Å². The summed E-state index contributed by atoms with van der Waals surface area (Å²) in [6.45, 7) is 7.17. The summed E-state index contributed by atoms with van der Waals surface area (Å²) < 4.78 is 1.83. The molecule has 0 spiro atoms. The average molecular weight is 206 g/mol. The Morgan fingerprint density at radius 3 is 2.93 bits per heavy atom. The maximum absolute atomic E-state index is 11.9. The minimum atomic E-state index is 0.121. The van der Waals surface area contributed by atoms with E-state index in [1.165, 1.54) is 0 Å². The minimum absolute atomic E-state index is 0.121. The normalized spacial score (nSPS) is 20.4. The Hall–Kier alpha value is -1.12. The van der Waals surface area contributed by atoms with Crippen molar-refractivity contribution in [3.63, 3.8) is 0 Å². The van der Waals surface area contributed by atoms with Crippen molar-refractivity contribution in [1.29, 1.82) is 0 Å². The molecule has 1 aromatic heterocycles. The van der Waals surface area contributed by atoms with Gasteiger partial charge in [-0.2, -0.15) is 0 Å². The van der Waals surface area contributed by atoms with Crippen LogP contribution in [0.2, 0.25) is 0 Å². The molecule has 0 saturated heterocycles. The highest BCUT2D eigenvalue weighted by Gasteiger charge is 2.18. The fourth-order valence-electron chi connectivity index (χ4n) is 2.03. The van der Waals surface area contributed by atoms with Crippen molar-refractivity contribution in [2.45, 2.75) is 46.1 Å². The van der Waals surface area contributed by atoms with E-state index in [9.17, 15) is 4.79 Å². The number of hydrogen-bond donors (Lipinski definition) is 0. The first-order valence-corrected chi connectivity index (χ1v) is 5.68. The van der Waals surface area contributed by atoms with Crippen LogP contribution in [-0.4, -0.2) is 9.55 Å². The Kier molecular flexibility index (Phi) is 2.63. The van der Waals surface area contributed by atoms with Crippen molar-refractivity contribution in [2.75, 3.05) is 0 Å². The first kappa shape index (κ1) is 10.4. The van der Waals surface area contributed by atoms with Gasteiger partial charge in [0.25, 0.3) is 5.56 Å². The van der Waals surface area contributed by atoms with E-state index in [2.05, 4.69) is 25.8 Å². The van der Waals surface area contributed by atoms with Gasteiger partial charge in [-0.1, -0.05) is 20.8 Å². The third-order valence-corrected chi connectivity index (χ3v) is 3.05. The van der Waals surface area contributed by atoms with Crippen LogP contribution in [0.5, 0.6) is 0 Å². The molecule has 1 aromatic rings. The van der Waals surface area contributed by atoms with Crippen molar-refractivity contribution in [2.24, 2.45) is 5.92 Å². The second-order valence-electron chi connectivity index (χ2n) is 4.84. The van der Waals surface area contributed by atoms with E-state index in [1.807, 2.05) is 4.57 Å². The molecule has 1 atom stereocenters. The number of hydrogen-bond acceptors (Lipinski definition) is 2. The maximum Gasteiger partial charge on any atom is 0.253 e. The van der Waals surface area contributed by atoms with Crippen molar-refractivity contribution in [1.82, 2.24) is 9.55 Å². The van der Waals surface area contributed by atoms with Gasteiger partial charge in [-0.3, -0.25) is 9.36 Å². The summed E-state index contributed by atoms with van der Waals surface area (Å²) in [4.78, 5) is 16.4. The lowest BCUT2D eigenvalue weighted by atomic mass is 10.0. The number of aromatic nitrogens is 2. The third-order valence-electron chi connectivity index (χ3n) is 3.05. The number of fused-ring (bicyclic) bond motifs is 1. The maximum atomic E-state index is 11.9. The molecule has 0 unspecified atom stereocenters. The SMILES string of the molecule is CC(C)c1cc(=O)n2c(n1)CC[C@@H](C)C2. The highest BCUT2D eigenvalue weighted by molar-refractivity contribution is 5.09. The van der Waals surface area contributed by atoms with Gasteiger partial charge in [0.05, 0.1) is 5.69 Å². The van der Waals surface area contributed by atoms with Crippen LogP contribution >= 0.6 is 0 Å². The molecule has 1 aliphatic rings. The summed E-state index contributed by atoms with van der Waals surface area (Å²) in [5.41, 5.74) is 1.05. The molecule has 0 amide bonds. The molecule has 1 aliphatic heterocycles. The second kappa shape index (κ2) is 3.80. The predicted molar refractivity (Wildman–Crippen MR) is 60.1 cm³/mol. The molecule has 0 fully saturated rings. The van der Waals surface area contributed by atoms with E-state index in [0.717, 1.165) is 30.9 Å². The predicted octanol–water partition coefficient (Wildman–Crippen LogP) is 1.95. The first-order chi connectivity index (χ1) is 7.08. The molecule has 0 aromatic carbocycles. The van der Waals surface area contributed by atoms with Gasteiger partial charge >= 0.3 is 0 Å². The molecule has 0 radical (unpaired) electrons. The fourth-order valence-corrected chi connectivity index (χ4v) is 2.03. The molecule has 0 saturated carbocycles. The zero-order valence-electron chi connectivity index (χ0n) is 9.66. The minimum Gasteiger partial charge on any atom is -0.296 e. The van der Waals surface area contributed by atoms with Gasteiger partial charge in [-0.15, -0.1) is 0 Å². The molecule has 2 rings (SSSR count). The molecule has 3 nitrogen and oxygen atoms in total. The highest BCUT2D eigenvalue weighted by Crippen LogP contribution is 2.18. The molecule has 0 bridgehead atoms. The summed E-state index contributed by atoms with van der Waals surface area (Å²) in [5, 5.41) is 0. The Morgan fingerprint density at radius 2 is 2.27 bits per heavy atom. The van der Waals surface area contributed by atoms with E-state index >= 15 is 0 Å². The van der Waals surface area contributed by atoms with Crippen molar-refractivity contribution in [3.8, 4) is 0 Å². The Balaban J connectivity index is 2.48. The lowest BCUT2D eigenvalue weighted by Gasteiger charge is -2.23. The Bertz CT molecular complexity index is 420. The van der Waals surface area contributed by atoms with Gasteiger partial charge in [0.1, 0.15) is 5.82 Å². The first-order valence-electron chi connectivity index (χ1n) is 5.68. The summed E-state index contributed by atoms with van der Waals surface area (Å²) in [6, 6.07) is 1.69. The van der Waals surface area contributed by atoms with Crippen molar-refractivity contribution < 1.29 is 0 Å². The monoisotopic (exact) mass is 206 g/mol. The lowest BCUT2D eigenvalue weighted by molar-refractivity contribution is 0.376. The third kappa shape index (κ3) is 1.96. The van der Waals surface area contributed by atoms with Gasteiger partial charge in [0.15, 0.2) is 0 Å². The Labute approximate surface area is 90.2 Å². The Morgan fingerprint density at radius 1 is 1.53 bits per heavy atom. The number of rotatable bonds is 1.